The summed E-state index contributed by atoms with van der Waals surface area (Å²) < 4.78 is 10.3. The first kappa shape index (κ1) is 19.5. The van der Waals surface area contributed by atoms with Gasteiger partial charge in [0.05, 0.1) is 19.3 Å². The van der Waals surface area contributed by atoms with Crippen LogP contribution in [-0.4, -0.2) is 25.3 Å². The van der Waals surface area contributed by atoms with Gasteiger partial charge in [0.2, 0.25) is 0 Å². The largest absolute Gasteiger partial charge is 0.469 e. The molecule has 1 fully saturated rings. The molecule has 0 aromatic rings. The van der Waals surface area contributed by atoms with Crippen molar-refractivity contribution in [2.45, 2.75) is 109 Å². The summed E-state index contributed by atoms with van der Waals surface area (Å²) in [6.45, 7) is 2.23. The molecule has 0 aromatic carbocycles. The van der Waals surface area contributed by atoms with E-state index in [1.807, 2.05) is 0 Å². The van der Waals surface area contributed by atoms with E-state index in [1.165, 1.54) is 77.7 Å². The van der Waals surface area contributed by atoms with Crippen molar-refractivity contribution in [2.75, 3.05) is 7.11 Å². The van der Waals surface area contributed by atoms with E-state index in [-0.39, 0.29) is 5.97 Å². The second-order valence-electron chi connectivity index (χ2n) is 6.65. The highest BCUT2D eigenvalue weighted by atomic mass is 16.6. The summed E-state index contributed by atoms with van der Waals surface area (Å²) in [5, 5.41) is 0. The van der Waals surface area contributed by atoms with Crippen molar-refractivity contribution in [1.82, 2.24) is 0 Å². The number of methoxy groups -OCH3 is 1. The van der Waals surface area contributed by atoms with Gasteiger partial charge in [0.25, 0.3) is 0 Å². The van der Waals surface area contributed by atoms with Crippen LogP contribution >= 0.6 is 0 Å². The number of rotatable bonds is 15. The molecule has 3 nitrogen and oxygen atoms in total. The fraction of sp³-hybridized carbons (Fsp3) is 0.947. The van der Waals surface area contributed by atoms with E-state index in [0.29, 0.717) is 18.6 Å². The van der Waals surface area contributed by atoms with Gasteiger partial charge < -0.3 is 9.47 Å². The quantitative estimate of drug-likeness (QED) is 0.230. The minimum absolute atomic E-state index is 0.0717. The molecule has 0 saturated carbocycles. The predicted molar refractivity (Wildman–Crippen MR) is 91.0 cm³/mol. The fourth-order valence-electron chi connectivity index (χ4n) is 3.10. The third-order valence-corrected chi connectivity index (χ3v) is 4.61. The Kier molecular flexibility index (Phi) is 11.4. The molecule has 0 aromatic heterocycles. The number of unbranched alkanes of at least 4 members (excludes halogenated alkanes) is 9. The average molecular weight is 312 g/mol. The summed E-state index contributed by atoms with van der Waals surface area (Å²) in [5.41, 5.74) is 0. The molecule has 0 aliphatic carbocycles. The van der Waals surface area contributed by atoms with Gasteiger partial charge in [0.15, 0.2) is 0 Å². The maximum atomic E-state index is 10.9. The standard InChI is InChI=1S/C19H36O3/c1-3-14-17-18(22-17)15-12-10-8-6-4-5-7-9-11-13-16-19(20)21-2/h17-18H,3-16H2,1-2H3/t17-,18+/m0/s1. The molecule has 0 unspecified atom stereocenters. The Balaban J connectivity index is 1.69. The first-order valence-corrected chi connectivity index (χ1v) is 9.50. The van der Waals surface area contributed by atoms with Crippen LogP contribution in [0.5, 0.6) is 0 Å². The van der Waals surface area contributed by atoms with E-state index >= 15 is 0 Å². The maximum absolute atomic E-state index is 10.9. The van der Waals surface area contributed by atoms with Gasteiger partial charge in [-0.2, -0.15) is 0 Å². The monoisotopic (exact) mass is 312 g/mol. The van der Waals surface area contributed by atoms with Crippen LogP contribution in [0.25, 0.3) is 0 Å². The van der Waals surface area contributed by atoms with Gasteiger partial charge in [-0.05, 0) is 19.3 Å². The number of epoxide rings is 1. The molecule has 1 saturated heterocycles. The number of hydrogen-bond acceptors (Lipinski definition) is 3. The molecule has 3 heteroatoms. The van der Waals surface area contributed by atoms with Crippen molar-refractivity contribution in [3.05, 3.63) is 0 Å². The van der Waals surface area contributed by atoms with Gasteiger partial charge in [0, 0.05) is 6.42 Å². The Morgan fingerprint density at radius 2 is 1.32 bits per heavy atom. The molecule has 130 valence electrons. The minimum Gasteiger partial charge on any atom is -0.469 e. The average Bonchev–Trinajstić information content (AvgIpc) is 3.26. The smallest absolute Gasteiger partial charge is 0.305 e. The maximum Gasteiger partial charge on any atom is 0.305 e. The molecule has 0 bridgehead atoms. The number of carbonyl (C=O) groups is 1. The highest BCUT2D eigenvalue weighted by Gasteiger charge is 2.36. The van der Waals surface area contributed by atoms with Crippen molar-refractivity contribution in [3.63, 3.8) is 0 Å². The SMILES string of the molecule is CCC[C@@H]1O[C@@H]1CCCCCCCCCCCCC(=O)OC. The molecule has 1 aliphatic rings. The van der Waals surface area contributed by atoms with Gasteiger partial charge >= 0.3 is 5.97 Å². The van der Waals surface area contributed by atoms with Gasteiger partial charge in [-0.15, -0.1) is 0 Å². The Labute approximate surface area is 137 Å². The number of ether oxygens (including phenoxy) is 2. The second kappa shape index (κ2) is 12.9. The van der Waals surface area contributed by atoms with Gasteiger partial charge in [0.1, 0.15) is 0 Å². The predicted octanol–water partition coefficient (Wildman–Crippen LogP) is 5.41. The van der Waals surface area contributed by atoms with Crippen molar-refractivity contribution >= 4 is 5.97 Å². The topological polar surface area (TPSA) is 38.8 Å². The molecule has 0 amide bonds. The third-order valence-electron chi connectivity index (χ3n) is 4.61. The second-order valence-corrected chi connectivity index (χ2v) is 6.65. The van der Waals surface area contributed by atoms with Crippen LogP contribution in [-0.2, 0) is 14.3 Å². The molecular formula is C19H36O3. The molecule has 0 N–H and O–H groups in total. The Bertz CT molecular complexity index is 278. The summed E-state index contributed by atoms with van der Waals surface area (Å²) >= 11 is 0. The zero-order valence-electron chi connectivity index (χ0n) is 14.8. The lowest BCUT2D eigenvalue weighted by atomic mass is 10.0. The molecule has 2 atom stereocenters. The lowest BCUT2D eigenvalue weighted by molar-refractivity contribution is -0.140. The third kappa shape index (κ3) is 10.2. The highest BCUT2D eigenvalue weighted by molar-refractivity contribution is 5.68. The molecule has 22 heavy (non-hydrogen) atoms. The van der Waals surface area contributed by atoms with Crippen LogP contribution in [0.3, 0.4) is 0 Å². The molecular weight excluding hydrogens is 276 g/mol. The number of hydrogen-bond donors (Lipinski definition) is 0. The van der Waals surface area contributed by atoms with Gasteiger partial charge in [-0.25, -0.2) is 0 Å². The van der Waals surface area contributed by atoms with E-state index in [4.69, 9.17) is 4.74 Å². The number of esters is 1. The van der Waals surface area contributed by atoms with E-state index < -0.39 is 0 Å². The summed E-state index contributed by atoms with van der Waals surface area (Å²) in [7, 11) is 1.46. The van der Waals surface area contributed by atoms with Crippen LogP contribution in [0.15, 0.2) is 0 Å². The van der Waals surface area contributed by atoms with Crippen LogP contribution in [0.2, 0.25) is 0 Å². The van der Waals surface area contributed by atoms with Crippen LogP contribution in [0.1, 0.15) is 96.8 Å². The fourth-order valence-corrected chi connectivity index (χ4v) is 3.10. The number of carbonyl (C=O) groups excluding carboxylic acids is 1. The van der Waals surface area contributed by atoms with E-state index in [9.17, 15) is 4.79 Å². The Morgan fingerprint density at radius 3 is 1.86 bits per heavy atom. The van der Waals surface area contributed by atoms with Gasteiger partial charge in [-0.1, -0.05) is 71.1 Å². The molecule has 1 heterocycles. The summed E-state index contributed by atoms with van der Waals surface area (Å²) in [4.78, 5) is 10.9. The van der Waals surface area contributed by atoms with Crippen molar-refractivity contribution in [3.8, 4) is 0 Å². The van der Waals surface area contributed by atoms with Crippen molar-refractivity contribution < 1.29 is 14.3 Å². The zero-order valence-corrected chi connectivity index (χ0v) is 14.8. The van der Waals surface area contributed by atoms with Crippen LogP contribution in [0, 0.1) is 0 Å². The van der Waals surface area contributed by atoms with E-state index in [0.717, 1.165) is 12.8 Å². The van der Waals surface area contributed by atoms with E-state index in [1.54, 1.807) is 0 Å². The first-order valence-electron chi connectivity index (χ1n) is 9.50. The Morgan fingerprint density at radius 1 is 0.818 bits per heavy atom. The molecule has 1 aliphatic heterocycles. The van der Waals surface area contributed by atoms with Crippen LogP contribution < -0.4 is 0 Å². The molecule has 0 radical (unpaired) electrons. The lowest BCUT2D eigenvalue weighted by Crippen LogP contribution is -1.99. The molecule has 1 rings (SSSR count). The minimum atomic E-state index is -0.0717. The molecule has 0 spiro atoms. The van der Waals surface area contributed by atoms with Gasteiger partial charge in [-0.3, -0.25) is 4.79 Å². The van der Waals surface area contributed by atoms with E-state index in [2.05, 4.69) is 11.7 Å². The summed E-state index contributed by atoms with van der Waals surface area (Å²) in [6, 6.07) is 0. The highest BCUT2D eigenvalue weighted by Crippen LogP contribution is 2.30. The Hall–Kier alpha value is -0.570. The lowest BCUT2D eigenvalue weighted by Gasteiger charge is -2.02. The zero-order chi connectivity index (χ0) is 16.0. The first-order chi connectivity index (χ1) is 10.8. The normalized spacial score (nSPS) is 20.1. The van der Waals surface area contributed by atoms with Crippen molar-refractivity contribution in [1.29, 1.82) is 0 Å². The summed E-state index contributed by atoms with van der Waals surface area (Å²) in [5.74, 6) is -0.0717. The van der Waals surface area contributed by atoms with Crippen LogP contribution in [0.4, 0.5) is 0 Å². The van der Waals surface area contributed by atoms with Crippen molar-refractivity contribution in [2.24, 2.45) is 0 Å². The summed E-state index contributed by atoms with van der Waals surface area (Å²) in [6.07, 6.45) is 18.5.